The second kappa shape index (κ2) is 7.82. The Morgan fingerprint density at radius 2 is 2.00 bits per heavy atom. The molecular weight excluding hydrogens is 344 g/mol. The first-order chi connectivity index (χ1) is 12.8. The maximum atomic E-state index is 13.1. The van der Waals surface area contributed by atoms with Gasteiger partial charge in [0.25, 0.3) is 5.91 Å². The second-order valence-electron chi connectivity index (χ2n) is 7.98. The molecule has 1 N–H and O–H groups in total. The van der Waals surface area contributed by atoms with Gasteiger partial charge in [-0.25, -0.2) is 0 Å². The van der Waals surface area contributed by atoms with Crippen LogP contribution in [0, 0.1) is 0 Å². The van der Waals surface area contributed by atoms with Crippen molar-refractivity contribution in [1.82, 2.24) is 10.2 Å². The van der Waals surface area contributed by atoms with Crippen LogP contribution in [0.4, 0.5) is 0 Å². The Bertz CT molecular complexity index is 705. The number of ether oxygens (including phenoxy) is 2. The monoisotopic (exact) mass is 372 g/mol. The highest BCUT2D eigenvalue weighted by atomic mass is 16.6. The Hall–Kier alpha value is -2.18. The van der Waals surface area contributed by atoms with Gasteiger partial charge in [0.05, 0.1) is 18.8 Å². The van der Waals surface area contributed by atoms with Crippen LogP contribution in [-0.4, -0.2) is 54.2 Å². The lowest BCUT2D eigenvalue weighted by Gasteiger charge is -2.51. The summed E-state index contributed by atoms with van der Waals surface area (Å²) >= 11 is 0. The number of benzene rings is 1. The van der Waals surface area contributed by atoms with Crippen molar-refractivity contribution in [3.63, 3.8) is 0 Å². The number of nitrogens with zero attached hydrogens (tertiary/aromatic N) is 1. The third-order valence-electron chi connectivity index (χ3n) is 4.97. The molecule has 1 atom stereocenters. The summed E-state index contributed by atoms with van der Waals surface area (Å²) in [4.78, 5) is 26.2. The predicted molar refractivity (Wildman–Crippen MR) is 102 cm³/mol. The minimum atomic E-state index is -0.413. The van der Waals surface area contributed by atoms with Crippen LogP contribution in [0.25, 0.3) is 0 Å². The molecule has 2 fully saturated rings. The average molecular weight is 372 g/mol. The Kier molecular flexibility index (Phi) is 5.67. The third-order valence-corrected chi connectivity index (χ3v) is 4.97. The van der Waals surface area contributed by atoms with Crippen molar-refractivity contribution in [3.05, 3.63) is 48.0 Å². The van der Waals surface area contributed by atoms with Crippen molar-refractivity contribution in [2.24, 2.45) is 0 Å². The van der Waals surface area contributed by atoms with Crippen molar-refractivity contribution in [1.29, 1.82) is 0 Å². The zero-order valence-electron chi connectivity index (χ0n) is 16.1. The molecule has 3 rings (SSSR count). The molecule has 6 heteroatoms. The lowest BCUT2D eigenvalue weighted by atomic mass is 9.90. The molecular formula is C21H28N2O4. The predicted octanol–water partition coefficient (Wildman–Crippen LogP) is 2.29. The van der Waals surface area contributed by atoms with Gasteiger partial charge in [0.1, 0.15) is 5.60 Å². The van der Waals surface area contributed by atoms with E-state index in [4.69, 9.17) is 9.47 Å². The highest BCUT2D eigenvalue weighted by Gasteiger charge is 2.46. The topological polar surface area (TPSA) is 67.9 Å². The van der Waals surface area contributed by atoms with Crippen LogP contribution in [0.1, 0.15) is 42.6 Å². The van der Waals surface area contributed by atoms with Crippen LogP contribution < -0.4 is 5.32 Å². The van der Waals surface area contributed by atoms with Gasteiger partial charge in [0, 0.05) is 25.3 Å². The normalized spacial score (nSPS) is 24.4. The third kappa shape index (κ3) is 4.76. The number of carbonyl (C=O) groups excluding carboxylic acids is 2. The Labute approximate surface area is 160 Å². The van der Waals surface area contributed by atoms with E-state index >= 15 is 0 Å². The fourth-order valence-electron chi connectivity index (χ4n) is 3.90. The van der Waals surface area contributed by atoms with Gasteiger partial charge in [-0.15, -0.1) is 0 Å². The summed E-state index contributed by atoms with van der Waals surface area (Å²) in [6.45, 7) is 10.3. The number of rotatable bonds is 4. The van der Waals surface area contributed by atoms with Gasteiger partial charge >= 0.3 is 0 Å². The van der Waals surface area contributed by atoms with Crippen LogP contribution in [0.3, 0.4) is 0 Å². The van der Waals surface area contributed by atoms with E-state index in [0.29, 0.717) is 31.8 Å². The molecule has 0 aliphatic carbocycles. The Morgan fingerprint density at radius 1 is 1.26 bits per heavy atom. The number of nitrogens with one attached hydrogen (secondary N) is 1. The molecule has 1 aromatic carbocycles. The van der Waals surface area contributed by atoms with Gasteiger partial charge in [-0.3, -0.25) is 9.59 Å². The van der Waals surface area contributed by atoms with Gasteiger partial charge in [-0.05, 0) is 50.5 Å². The molecule has 0 bridgehead atoms. The molecule has 27 heavy (non-hydrogen) atoms. The molecule has 2 aliphatic rings. The molecule has 1 spiro atoms. The molecule has 2 saturated heterocycles. The Balaban J connectivity index is 1.70. The standard InChI is InChI=1S/C21H28N2O4/c1-4-18(24)22-12-16-6-8-17(9-7-16)19(25)23-13-20(2,3)27-21(14-23)10-5-11-26-15-21/h4,6-9H,1,5,10-15H2,2-3H3,(H,22,24). The van der Waals surface area contributed by atoms with Crippen molar-refractivity contribution in [2.45, 2.75) is 44.4 Å². The van der Waals surface area contributed by atoms with Crippen LogP contribution in [0.15, 0.2) is 36.9 Å². The van der Waals surface area contributed by atoms with Gasteiger partial charge in [0.2, 0.25) is 5.91 Å². The molecule has 6 nitrogen and oxygen atoms in total. The van der Waals surface area contributed by atoms with Crippen molar-refractivity contribution >= 4 is 11.8 Å². The van der Waals surface area contributed by atoms with E-state index in [0.717, 1.165) is 25.0 Å². The number of morpholine rings is 1. The van der Waals surface area contributed by atoms with Gasteiger partial charge in [-0.2, -0.15) is 0 Å². The van der Waals surface area contributed by atoms with E-state index < -0.39 is 11.2 Å². The first-order valence-corrected chi connectivity index (χ1v) is 9.39. The summed E-state index contributed by atoms with van der Waals surface area (Å²) in [6.07, 6.45) is 3.09. The molecule has 2 heterocycles. The minimum Gasteiger partial charge on any atom is -0.378 e. The fourth-order valence-corrected chi connectivity index (χ4v) is 3.90. The van der Waals surface area contributed by atoms with Crippen LogP contribution in [0.5, 0.6) is 0 Å². The molecule has 0 radical (unpaired) electrons. The van der Waals surface area contributed by atoms with E-state index in [1.807, 2.05) is 43.0 Å². The lowest BCUT2D eigenvalue weighted by molar-refractivity contribution is -0.225. The SMILES string of the molecule is C=CC(=O)NCc1ccc(C(=O)N2CC(C)(C)OC3(CCCOC3)C2)cc1. The van der Waals surface area contributed by atoms with E-state index in [2.05, 4.69) is 11.9 Å². The Morgan fingerprint density at radius 3 is 2.63 bits per heavy atom. The molecule has 146 valence electrons. The zero-order valence-corrected chi connectivity index (χ0v) is 16.1. The van der Waals surface area contributed by atoms with Crippen molar-refractivity contribution in [2.75, 3.05) is 26.3 Å². The summed E-state index contributed by atoms with van der Waals surface area (Å²) in [7, 11) is 0. The first kappa shape index (κ1) is 19.6. The molecule has 2 aliphatic heterocycles. The summed E-state index contributed by atoms with van der Waals surface area (Å²) in [5.41, 5.74) is 0.744. The molecule has 1 aromatic rings. The maximum absolute atomic E-state index is 13.1. The number of hydrogen-bond donors (Lipinski definition) is 1. The summed E-state index contributed by atoms with van der Waals surface area (Å²) in [5.74, 6) is -0.219. The number of hydrogen-bond acceptors (Lipinski definition) is 4. The largest absolute Gasteiger partial charge is 0.378 e. The van der Waals surface area contributed by atoms with Gasteiger partial charge < -0.3 is 19.7 Å². The molecule has 0 aromatic heterocycles. The van der Waals surface area contributed by atoms with E-state index in [1.165, 1.54) is 6.08 Å². The lowest BCUT2D eigenvalue weighted by Crippen LogP contribution is -2.63. The summed E-state index contributed by atoms with van der Waals surface area (Å²) in [5, 5.41) is 2.73. The smallest absolute Gasteiger partial charge is 0.254 e. The number of amides is 2. The van der Waals surface area contributed by atoms with E-state index in [9.17, 15) is 9.59 Å². The highest BCUT2D eigenvalue weighted by molar-refractivity contribution is 5.94. The average Bonchev–Trinajstić information content (AvgIpc) is 2.65. The van der Waals surface area contributed by atoms with Gasteiger partial charge in [-0.1, -0.05) is 18.7 Å². The fraction of sp³-hybridized carbons (Fsp3) is 0.524. The number of carbonyl (C=O) groups is 2. The molecule has 1 unspecified atom stereocenters. The summed E-state index contributed by atoms with van der Waals surface area (Å²) < 4.78 is 12.0. The second-order valence-corrected chi connectivity index (χ2v) is 7.98. The summed E-state index contributed by atoms with van der Waals surface area (Å²) in [6, 6.07) is 7.35. The highest BCUT2D eigenvalue weighted by Crippen LogP contribution is 2.35. The van der Waals surface area contributed by atoms with Crippen LogP contribution in [-0.2, 0) is 20.8 Å². The first-order valence-electron chi connectivity index (χ1n) is 9.39. The van der Waals surface area contributed by atoms with Gasteiger partial charge in [0.15, 0.2) is 0 Å². The van der Waals surface area contributed by atoms with Crippen molar-refractivity contribution in [3.8, 4) is 0 Å². The van der Waals surface area contributed by atoms with Crippen LogP contribution >= 0.6 is 0 Å². The zero-order chi connectivity index (χ0) is 19.5. The molecule has 0 saturated carbocycles. The van der Waals surface area contributed by atoms with E-state index in [-0.39, 0.29) is 11.8 Å². The van der Waals surface area contributed by atoms with Crippen LogP contribution in [0.2, 0.25) is 0 Å². The minimum absolute atomic E-state index is 0.00185. The quantitative estimate of drug-likeness (QED) is 0.824. The molecule has 2 amide bonds. The maximum Gasteiger partial charge on any atom is 0.254 e. The van der Waals surface area contributed by atoms with Crippen molar-refractivity contribution < 1.29 is 19.1 Å². The van der Waals surface area contributed by atoms with E-state index in [1.54, 1.807) is 0 Å².